The molecule has 0 fully saturated rings. The molecule has 1 aromatic heterocycles. The van der Waals surface area contributed by atoms with Crippen LogP contribution in [-0.4, -0.2) is 44.3 Å². The van der Waals surface area contributed by atoms with Crippen molar-refractivity contribution in [3.63, 3.8) is 0 Å². The largest absolute Gasteiger partial charge is 0.492 e. The van der Waals surface area contributed by atoms with E-state index in [1.54, 1.807) is 19.1 Å². The van der Waals surface area contributed by atoms with E-state index >= 15 is 0 Å². The van der Waals surface area contributed by atoms with Crippen molar-refractivity contribution in [3.05, 3.63) is 54.2 Å². The molecule has 0 saturated carbocycles. The van der Waals surface area contributed by atoms with Gasteiger partial charge in [-0.05, 0) is 36.8 Å². The van der Waals surface area contributed by atoms with E-state index in [4.69, 9.17) is 4.74 Å². The fourth-order valence-electron chi connectivity index (χ4n) is 2.91. The van der Waals surface area contributed by atoms with E-state index in [1.165, 1.54) is 20.2 Å². The van der Waals surface area contributed by atoms with E-state index in [-0.39, 0.29) is 23.0 Å². The number of hydrogen-bond acceptors (Lipinski definition) is 4. The fourth-order valence-corrected chi connectivity index (χ4v) is 3.97. The number of amides is 1. The molecule has 3 rings (SSSR count). The zero-order valence-corrected chi connectivity index (χ0v) is 16.8. The molecule has 0 aliphatic carbocycles. The maximum atomic E-state index is 12.6. The van der Waals surface area contributed by atoms with Gasteiger partial charge in [-0.25, -0.2) is 12.7 Å². The number of H-pyrrole nitrogens is 1. The predicted octanol–water partition coefficient (Wildman–Crippen LogP) is 3.00. The first-order valence-electron chi connectivity index (χ1n) is 8.87. The lowest BCUT2D eigenvalue weighted by molar-refractivity contribution is -0.115. The van der Waals surface area contributed by atoms with E-state index < -0.39 is 10.0 Å². The molecule has 1 heterocycles. The van der Waals surface area contributed by atoms with E-state index in [0.29, 0.717) is 12.3 Å². The Hall–Kier alpha value is -2.84. The molecule has 1 amide bonds. The van der Waals surface area contributed by atoms with E-state index in [0.717, 1.165) is 20.8 Å². The van der Waals surface area contributed by atoms with Crippen molar-refractivity contribution < 1.29 is 17.9 Å². The number of anilines is 1. The van der Waals surface area contributed by atoms with Gasteiger partial charge in [0.1, 0.15) is 10.6 Å². The normalized spacial score (nSPS) is 11.7. The van der Waals surface area contributed by atoms with Gasteiger partial charge in [-0.1, -0.05) is 18.2 Å². The number of ether oxygens (including phenoxy) is 1. The molecule has 0 atom stereocenters. The van der Waals surface area contributed by atoms with Crippen LogP contribution in [0.5, 0.6) is 5.75 Å². The quantitative estimate of drug-likeness (QED) is 0.637. The molecule has 0 bridgehead atoms. The van der Waals surface area contributed by atoms with Crippen LogP contribution in [-0.2, 0) is 21.2 Å². The summed E-state index contributed by atoms with van der Waals surface area (Å²) < 4.78 is 31.8. The monoisotopic (exact) mass is 401 g/mol. The van der Waals surface area contributed by atoms with Crippen molar-refractivity contribution in [2.24, 2.45) is 0 Å². The minimum atomic E-state index is -3.71. The maximum Gasteiger partial charge on any atom is 0.246 e. The summed E-state index contributed by atoms with van der Waals surface area (Å²) in [4.78, 5) is 15.7. The Kier molecular flexibility index (Phi) is 5.71. The van der Waals surface area contributed by atoms with Crippen molar-refractivity contribution in [1.29, 1.82) is 0 Å². The van der Waals surface area contributed by atoms with Gasteiger partial charge >= 0.3 is 0 Å². The molecule has 3 aromatic rings. The standard InChI is InChI=1S/C20H23N3O4S/c1-4-27-18-10-9-15(12-19(18)28(25,26)23(2)3)22-20(24)11-14-13-21-17-8-6-5-7-16(14)17/h5-10,12-13,21H,4,11H2,1-3H3,(H,22,24). The van der Waals surface area contributed by atoms with Crippen LogP contribution in [0.25, 0.3) is 10.9 Å². The number of carbonyl (C=O) groups is 1. The molecule has 0 aliphatic rings. The van der Waals surface area contributed by atoms with E-state index in [9.17, 15) is 13.2 Å². The van der Waals surface area contributed by atoms with Crippen LogP contribution in [0, 0.1) is 0 Å². The predicted molar refractivity (Wildman–Crippen MR) is 109 cm³/mol. The number of nitrogens with one attached hydrogen (secondary N) is 2. The Morgan fingerprint density at radius 1 is 1.18 bits per heavy atom. The summed E-state index contributed by atoms with van der Waals surface area (Å²) in [7, 11) is -0.811. The second kappa shape index (κ2) is 8.04. The fraction of sp³-hybridized carbons (Fsp3) is 0.250. The molecule has 0 radical (unpaired) electrons. The number of hydrogen-bond donors (Lipinski definition) is 2. The van der Waals surface area contributed by atoms with Crippen LogP contribution in [0.15, 0.2) is 53.6 Å². The third-order valence-electron chi connectivity index (χ3n) is 4.31. The number of benzene rings is 2. The van der Waals surface area contributed by atoms with Gasteiger partial charge in [0.15, 0.2) is 0 Å². The van der Waals surface area contributed by atoms with Crippen molar-refractivity contribution >= 4 is 32.5 Å². The lowest BCUT2D eigenvalue weighted by Gasteiger charge is -2.16. The highest BCUT2D eigenvalue weighted by Crippen LogP contribution is 2.29. The van der Waals surface area contributed by atoms with Gasteiger partial charge in [0.25, 0.3) is 0 Å². The number of nitrogens with zero attached hydrogens (tertiary/aromatic N) is 1. The number of aromatic amines is 1. The highest BCUT2D eigenvalue weighted by Gasteiger charge is 2.23. The lowest BCUT2D eigenvalue weighted by atomic mass is 10.1. The zero-order chi connectivity index (χ0) is 20.3. The number of aromatic nitrogens is 1. The van der Waals surface area contributed by atoms with E-state index in [1.807, 2.05) is 30.5 Å². The van der Waals surface area contributed by atoms with Crippen molar-refractivity contribution in [3.8, 4) is 5.75 Å². The second-order valence-corrected chi connectivity index (χ2v) is 8.59. The molecule has 0 aliphatic heterocycles. The van der Waals surface area contributed by atoms with Crippen LogP contribution in [0.3, 0.4) is 0 Å². The topological polar surface area (TPSA) is 91.5 Å². The van der Waals surface area contributed by atoms with Gasteiger partial charge in [0.2, 0.25) is 15.9 Å². The number of sulfonamides is 1. The summed E-state index contributed by atoms with van der Waals surface area (Å²) in [6.45, 7) is 2.12. The van der Waals surface area contributed by atoms with Gasteiger partial charge in [-0.3, -0.25) is 4.79 Å². The molecule has 7 nitrogen and oxygen atoms in total. The number of para-hydroxylation sites is 1. The van der Waals surface area contributed by atoms with Gasteiger partial charge in [-0.15, -0.1) is 0 Å². The molecule has 148 valence electrons. The van der Waals surface area contributed by atoms with Crippen LogP contribution in [0.4, 0.5) is 5.69 Å². The average Bonchev–Trinajstić information content (AvgIpc) is 3.06. The number of carbonyl (C=O) groups excluding carboxylic acids is 1. The molecule has 0 spiro atoms. The first-order chi connectivity index (χ1) is 13.3. The minimum absolute atomic E-state index is 0.0178. The Bertz CT molecular complexity index is 1100. The maximum absolute atomic E-state index is 12.6. The molecule has 0 unspecified atom stereocenters. The van der Waals surface area contributed by atoms with Crippen LogP contribution in [0.2, 0.25) is 0 Å². The van der Waals surface area contributed by atoms with Crippen LogP contribution < -0.4 is 10.1 Å². The smallest absolute Gasteiger partial charge is 0.246 e. The first kappa shape index (κ1) is 19.9. The Labute approximate surface area is 164 Å². The SMILES string of the molecule is CCOc1ccc(NC(=O)Cc2c[nH]c3ccccc23)cc1S(=O)(=O)N(C)C. The number of fused-ring (bicyclic) bond motifs is 1. The van der Waals surface area contributed by atoms with Gasteiger partial charge < -0.3 is 15.0 Å². The Morgan fingerprint density at radius 2 is 1.93 bits per heavy atom. The van der Waals surface area contributed by atoms with E-state index in [2.05, 4.69) is 10.3 Å². The summed E-state index contributed by atoms with van der Waals surface area (Å²) in [5.41, 5.74) is 2.24. The summed E-state index contributed by atoms with van der Waals surface area (Å²) in [5, 5.41) is 3.76. The third-order valence-corrected chi connectivity index (χ3v) is 6.15. The Morgan fingerprint density at radius 3 is 2.64 bits per heavy atom. The van der Waals surface area contributed by atoms with Gasteiger partial charge in [0, 0.05) is 36.9 Å². The van der Waals surface area contributed by atoms with Gasteiger partial charge in [0.05, 0.1) is 13.0 Å². The average molecular weight is 401 g/mol. The summed E-state index contributed by atoms with van der Waals surface area (Å²) in [5.74, 6) is 0.0212. The highest BCUT2D eigenvalue weighted by atomic mass is 32.2. The third kappa shape index (κ3) is 4.02. The Balaban J connectivity index is 1.84. The zero-order valence-electron chi connectivity index (χ0n) is 16.0. The van der Waals surface area contributed by atoms with Crippen LogP contribution >= 0.6 is 0 Å². The summed E-state index contributed by atoms with van der Waals surface area (Å²) in [6, 6.07) is 12.4. The second-order valence-electron chi connectivity index (χ2n) is 6.47. The van der Waals surface area contributed by atoms with Crippen molar-refractivity contribution in [1.82, 2.24) is 9.29 Å². The molecular weight excluding hydrogens is 378 g/mol. The first-order valence-corrected chi connectivity index (χ1v) is 10.3. The molecule has 28 heavy (non-hydrogen) atoms. The molecule has 2 aromatic carbocycles. The molecule has 0 saturated heterocycles. The van der Waals surface area contributed by atoms with Gasteiger partial charge in [-0.2, -0.15) is 0 Å². The minimum Gasteiger partial charge on any atom is -0.492 e. The molecule has 2 N–H and O–H groups in total. The molecule has 8 heteroatoms. The van der Waals surface area contributed by atoms with Crippen molar-refractivity contribution in [2.75, 3.05) is 26.0 Å². The lowest BCUT2D eigenvalue weighted by Crippen LogP contribution is -2.23. The van der Waals surface area contributed by atoms with Crippen molar-refractivity contribution in [2.45, 2.75) is 18.2 Å². The summed E-state index contributed by atoms with van der Waals surface area (Å²) >= 11 is 0. The number of rotatable bonds is 7. The summed E-state index contributed by atoms with van der Waals surface area (Å²) in [6.07, 6.45) is 1.98. The van der Waals surface area contributed by atoms with Crippen LogP contribution in [0.1, 0.15) is 12.5 Å². The highest BCUT2D eigenvalue weighted by molar-refractivity contribution is 7.89. The molecular formula is C20H23N3O4S.